The molecule has 1 aliphatic rings. The predicted octanol–water partition coefficient (Wildman–Crippen LogP) is 2.02. The lowest BCUT2D eigenvalue weighted by Crippen LogP contribution is -2.38. The molecule has 1 heterocycles. The van der Waals surface area contributed by atoms with Crippen LogP contribution in [0.15, 0.2) is 18.2 Å². The molecule has 1 aromatic carbocycles. The molecule has 92 valence electrons. The summed E-state index contributed by atoms with van der Waals surface area (Å²) in [5.41, 5.74) is 0.305. The molecule has 0 N–H and O–H groups in total. The lowest BCUT2D eigenvalue weighted by atomic mass is 10.1. The Morgan fingerprint density at radius 3 is 2.76 bits per heavy atom. The van der Waals surface area contributed by atoms with E-state index in [0.29, 0.717) is 24.4 Å². The van der Waals surface area contributed by atoms with Gasteiger partial charge in [0.15, 0.2) is 0 Å². The summed E-state index contributed by atoms with van der Waals surface area (Å²) in [4.78, 5) is 13.9. The van der Waals surface area contributed by atoms with Crippen molar-refractivity contribution in [2.45, 2.75) is 0 Å². The number of hydrogen-bond donors (Lipinski definition) is 0. The largest absolute Gasteiger partial charge is 0.496 e. The van der Waals surface area contributed by atoms with Gasteiger partial charge in [0.05, 0.1) is 12.7 Å². The van der Waals surface area contributed by atoms with Crippen LogP contribution in [0.4, 0.5) is 4.39 Å². The summed E-state index contributed by atoms with van der Waals surface area (Å²) in [6.45, 7) is 1.42. The number of ether oxygens (including phenoxy) is 1. The van der Waals surface area contributed by atoms with E-state index in [4.69, 9.17) is 4.74 Å². The first kappa shape index (κ1) is 12.2. The quantitative estimate of drug-likeness (QED) is 0.809. The third-order valence-electron chi connectivity index (χ3n) is 2.69. The fraction of sp³-hybridized carbons (Fsp3) is 0.417. The van der Waals surface area contributed by atoms with Gasteiger partial charge in [0, 0.05) is 24.6 Å². The molecule has 1 amide bonds. The zero-order chi connectivity index (χ0) is 12.3. The molecule has 1 saturated heterocycles. The average molecular weight is 255 g/mol. The second-order valence-electron chi connectivity index (χ2n) is 3.75. The molecule has 0 spiro atoms. The minimum atomic E-state index is -0.416. The molecule has 2 rings (SSSR count). The summed E-state index contributed by atoms with van der Waals surface area (Å²) in [6.07, 6.45) is 0. The number of rotatable bonds is 2. The highest BCUT2D eigenvalue weighted by atomic mass is 32.2. The number of hydrogen-bond acceptors (Lipinski definition) is 3. The van der Waals surface area contributed by atoms with Gasteiger partial charge in [-0.1, -0.05) is 0 Å². The van der Waals surface area contributed by atoms with Crippen molar-refractivity contribution in [1.82, 2.24) is 4.90 Å². The molecule has 5 heteroatoms. The maximum atomic E-state index is 13.2. The number of carbonyl (C=O) groups excluding carboxylic acids is 1. The van der Waals surface area contributed by atoms with Crippen LogP contribution < -0.4 is 4.74 Å². The zero-order valence-electron chi connectivity index (χ0n) is 9.61. The average Bonchev–Trinajstić information content (AvgIpc) is 2.39. The number of nitrogens with zero attached hydrogens (tertiary/aromatic N) is 1. The fourth-order valence-electron chi connectivity index (χ4n) is 1.78. The molecule has 0 saturated carbocycles. The van der Waals surface area contributed by atoms with Gasteiger partial charge >= 0.3 is 0 Å². The van der Waals surface area contributed by atoms with Crippen molar-refractivity contribution in [2.24, 2.45) is 0 Å². The van der Waals surface area contributed by atoms with Gasteiger partial charge in [0.2, 0.25) is 0 Å². The van der Waals surface area contributed by atoms with Gasteiger partial charge in [-0.25, -0.2) is 4.39 Å². The highest BCUT2D eigenvalue weighted by molar-refractivity contribution is 7.99. The topological polar surface area (TPSA) is 29.5 Å². The van der Waals surface area contributed by atoms with Crippen LogP contribution >= 0.6 is 11.8 Å². The number of thioether (sulfide) groups is 1. The van der Waals surface area contributed by atoms with Crippen molar-refractivity contribution >= 4 is 17.7 Å². The van der Waals surface area contributed by atoms with Crippen LogP contribution in [-0.4, -0.2) is 42.5 Å². The van der Waals surface area contributed by atoms with E-state index in [1.807, 2.05) is 11.8 Å². The summed E-state index contributed by atoms with van der Waals surface area (Å²) in [5.74, 6) is 1.73. The molecule has 1 aliphatic heterocycles. The van der Waals surface area contributed by atoms with Gasteiger partial charge in [-0.05, 0) is 18.2 Å². The summed E-state index contributed by atoms with van der Waals surface area (Å²) in [7, 11) is 1.48. The first-order valence-electron chi connectivity index (χ1n) is 5.43. The lowest BCUT2D eigenvalue weighted by molar-refractivity contribution is 0.0768. The maximum absolute atomic E-state index is 13.2. The number of halogens is 1. The number of carbonyl (C=O) groups is 1. The molecule has 0 radical (unpaired) electrons. The Kier molecular flexibility index (Phi) is 3.89. The number of methoxy groups -OCH3 is 1. The van der Waals surface area contributed by atoms with Crippen molar-refractivity contribution in [3.8, 4) is 5.75 Å². The maximum Gasteiger partial charge on any atom is 0.257 e. The molecule has 0 atom stereocenters. The fourth-order valence-corrected chi connectivity index (χ4v) is 2.69. The van der Waals surface area contributed by atoms with Gasteiger partial charge in [0.1, 0.15) is 11.6 Å². The summed E-state index contributed by atoms with van der Waals surface area (Å²) < 4.78 is 18.3. The number of benzene rings is 1. The standard InChI is InChI=1S/C12H14FNO2S/c1-16-11-3-2-9(13)8-10(11)12(15)14-4-6-17-7-5-14/h2-3,8H,4-7H2,1H3. The van der Waals surface area contributed by atoms with Gasteiger partial charge in [0.25, 0.3) is 5.91 Å². The van der Waals surface area contributed by atoms with Crippen molar-refractivity contribution in [1.29, 1.82) is 0 Å². The van der Waals surface area contributed by atoms with E-state index in [0.717, 1.165) is 11.5 Å². The molecule has 0 bridgehead atoms. The molecule has 1 fully saturated rings. The van der Waals surface area contributed by atoms with E-state index in [2.05, 4.69) is 0 Å². The van der Waals surface area contributed by atoms with E-state index < -0.39 is 5.82 Å². The molecule has 3 nitrogen and oxygen atoms in total. The molecule has 0 aliphatic carbocycles. The highest BCUT2D eigenvalue weighted by Gasteiger charge is 2.21. The van der Waals surface area contributed by atoms with Gasteiger partial charge in [-0.15, -0.1) is 0 Å². The van der Waals surface area contributed by atoms with Crippen LogP contribution in [0.3, 0.4) is 0 Å². The predicted molar refractivity (Wildman–Crippen MR) is 66.2 cm³/mol. The SMILES string of the molecule is COc1ccc(F)cc1C(=O)N1CCSCC1. The summed E-state index contributed by atoms with van der Waals surface area (Å²) >= 11 is 1.83. The first-order valence-corrected chi connectivity index (χ1v) is 6.58. The van der Waals surface area contributed by atoms with Crippen molar-refractivity contribution in [3.05, 3.63) is 29.6 Å². The van der Waals surface area contributed by atoms with Crippen molar-refractivity contribution in [3.63, 3.8) is 0 Å². The van der Waals surface area contributed by atoms with E-state index in [1.165, 1.54) is 25.3 Å². The van der Waals surface area contributed by atoms with Crippen molar-refractivity contribution < 1.29 is 13.9 Å². The normalized spacial score (nSPS) is 15.8. The Hall–Kier alpha value is -1.23. The molecule has 0 unspecified atom stereocenters. The van der Waals surface area contributed by atoms with Crippen LogP contribution in [0.5, 0.6) is 5.75 Å². The molecule has 1 aromatic rings. The van der Waals surface area contributed by atoms with E-state index in [1.54, 1.807) is 4.90 Å². The van der Waals surface area contributed by atoms with Crippen LogP contribution in [0, 0.1) is 5.82 Å². The Morgan fingerprint density at radius 2 is 2.12 bits per heavy atom. The monoisotopic (exact) mass is 255 g/mol. The van der Waals surface area contributed by atoms with Crippen LogP contribution in [-0.2, 0) is 0 Å². The molecule has 17 heavy (non-hydrogen) atoms. The van der Waals surface area contributed by atoms with Gasteiger partial charge in [-0.3, -0.25) is 4.79 Å². The first-order chi connectivity index (χ1) is 8.22. The smallest absolute Gasteiger partial charge is 0.257 e. The van der Waals surface area contributed by atoms with E-state index >= 15 is 0 Å². The number of amides is 1. The zero-order valence-corrected chi connectivity index (χ0v) is 10.4. The minimum Gasteiger partial charge on any atom is -0.496 e. The van der Waals surface area contributed by atoms with Crippen LogP contribution in [0.2, 0.25) is 0 Å². The van der Waals surface area contributed by atoms with Crippen LogP contribution in [0.25, 0.3) is 0 Å². The van der Waals surface area contributed by atoms with Gasteiger partial charge in [-0.2, -0.15) is 11.8 Å². The molecule has 0 aromatic heterocycles. The second-order valence-corrected chi connectivity index (χ2v) is 4.97. The van der Waals surface area contributed by atoms with Crippen LogP contribution in [0.1, 0.15) is 10.4 Å². The minimum absolute atomic E-state index is 0.151. The summed E-state index contributed by atoms with van der Waals surface area (Å²) in [5, 5.41) is 0. The molecular weight excluding hydrogens is 241 g/mol. The Bertz CT molecular complexity index is 419. The lowest BCUT2D eigenvalue weighted by Gasteiger charge is -2.27. The Morgan fingerprint density at radius 1 is 1.41 bits per heavy atom. The highest BCUT2D eigenvalue weighted by Crippen LogP contribution is 2.22. The Balaban J connectivity index is 2.25. The molecular formula is C12H14FNO2S. The third-order valence-corrected chi connectivity index (χ3v) is 3.63. The van der Waals surface area contributed by atoms with E-state index in [-0.39, 0.29) is 5.91 Å². The van der Waals surface area contributed by atoms with Gasteiger partial charge < -0.3 is 9.64 Å². The van der Waals surface area contributed by atoms with Crippen molar-refractivity contribution in [2.75, 3.05) is 31.7 Å². The second kappa shape index (κ2) is 5.40. The third kappa shape index (κ3) is 2.72. The Labute approximate surface area is 104 Å². The summed E-state index contributed by atoms with van der Waals surface area (Å²) in [6, 6.07) is 4.02. The van der Waals surface area contributed by atoms with E-state index in [9.17, 15) is 9.18 Å².